The summed E-state index contributed by atoms with van der Waals surface area (Å²) in [5.74, 6) is 0.683. The third-order valence-corrected chi connectivity index (χ3v) is 4.42. The second kappa shape index (κ2) is 10.1. The van der Waals surface area contributed by atoms with Gasteiger partial charge in [-0.2, -0.15) is 0 Å². The van der Waals surface area contributed by atoms with E-state index in [1.54, 1.807) is 0 Å². The Morgan fingerprint density at radius 3 is 2.35 bits per heavy atom. The molecule has 5 heteroatoms. The lowest BCUT2D eigenvalue weighted by molar-refractivity contribution is 0.0184. The van der Waals surface area contributed by atoms with E-state index in [-0.39, 0.29) is 6.09 Å². The van der Waals surface area contributed by atoms with Crippen LogP contribution in [0.1, 0.15) is 53.9 Å². The zero-order valence-electron chi connectivity index (χ0n) is 15.9. The topological polar surface area (TPSA) is 44.8 Å². The molecule has 0 spiro atoms. The fraction of sp³-hybridized carbons (Fsp3) is 0.944. The van der Waals surface area contributed by atoms with Gasteiger partial charge < -0.3 is 19.9 Å². The van der Waals surface area contributed by atoms with E-state index >= 15 is 0 Å². The molecule has 136 valence electrons. The van der Waals surface area contributed by atoms with Crippen molar-refractivity contribution in [3.8, 4) is 0 Å². The summed E-state index contributed by atoms with van der Waals surface area (Å²) in [5, 5.41) is 3.58. The van der Waals surface area contributed by atoms with Crippen molar-refractivity contribution >= 4 is 6.09 Å². The van der Waals surface area contributed by atoms with Gasteiger partial charge in [0.2, 0.25) is 0 Å². The standard InChI is InChI=1S/C18H37N3O2/c1-6-20(7-2)12-8-11-19-15-16-9-13-21(14-10-16)17(22)23-18(3,4)5/h16,19H,6-15H2,1-5H3. The molecule has 0 saturated carbocycles. The van der Waals surface area contributed by atoms with Gasteiger partial charge in [0.15, 0.2) is 0 Å². The largest absolute Gasteiger partial charge is 0.444 e. The Bertz CT molecular complexity index is 330. The second-order valence-electron chi connectivity index (χ2n) is 7.50. The zero-order chi connectivity index (χ0) is 17.3. The minimum atomic E-state index is -0.402. The molecule has 1 aliphatic heterocycles. The van der Waals surface area contributed by atoms with Crippen molar-refractivity contribution < 1.29 is 9.53 Å². The third-order valence-electron chi connectivity index (χ3n) is 4.42. The molecule has 0 unspecified atom stereocenters. The monoisotopic (exact) mass is 327 g/mol. The van der Waals surface area contributed by atoms with Gasteiger partial charge in [-0.1, -0.05) is 13.8 Å². The SMILES string of the molecule is CCN(CC)CCCNCC1CCN(C(=O)OC(C)(C)C)CC1. The average Bonchev–Trinajstić information content (AvgIpc) is 2.50. The molecule has 0 radical (unpaired) electrons. The lowest BCUT2D eigenvalue weighted by Crippen LogP contribution is -2.43. The quantitative estimate of drug-likeness (QED) is 0.696. The van der Waals surface area contributed by atoms with Gasteiger partial charge in [0, 0.05) is 13.1 Å². The van der Waals surface area contributed by atoms with Crippen LogP contribution in [0.4, 0.5) is 4.79 Å². The highest BCUT2D eigenvalue weighted by Crippen LogP contribution is 2.19. The molecule has 1 saturated heterocycles. The minimum Gasteiger partial charge on any atom is -0.444 e. The molecule has 0 aromatic rings. The van der Waals surface area contributed by atoms with E-state index in [4.69, 9.17) is 4.74 Å². The van der Waals surface area contributed by atoms with Crippen LogP contribution in [0.25, 0.3) is 0 Å². The van der Waals surface area contributed by atoms with Crippen molar-refractivity contribution in [1.29, 1.82) is 0 Å². The molecule has 1 amide bonds. The number of ether oxygens (including phenoxy) is 1. The number of carbonyl (C=O) groups excluding carboxylic acids is 1. The maximum absolute atomic E-state index is 12.0. The Labute approximate surface area is 142 Å². The number of hydrogen-bond donors (Lipinski definition) is 1. The number of nitrogens with zero attached hydrogens (tertiary/aromatic N) is 2. The van der Waals surface area contributed by atoms with Crippen LogP contribution >= 0.6 is 0 Å². The molecule has 1 fully saturated rings. The molecule has 23 heavy (non-hydrogen) atoms. The first-order valence-electron chi connectivity index (χ1n) is 9.26. The summed E-state index contributed by atoms with van der Waals surface area (Å²) in [6.07, 6.45) is 3.19. The van der Waals surface area contributed by atoms with E-state index in [9.17, 15) is 4.79 Å². The van der Waals surface area contributed by atoms with Crippen LogP contribution in [0.3, 0.4) is 0 Å². The fourth-order valence-corrected chi connectivity index (χ4v) is 2.92. The van der Waals surface area contributed by atoms with E-state index < -0.39 is 5.60 Å². The highest BCUT2D eigenvalue weighted by molar-refractivity contribution is 5.68. The highest BCUT2D eigenvalue weighted by Gasteiger charge is 2.26. The molecule has 1 rings (SSSR count). The number of carbonyl (C=O) groups is 1. The minimum absolute atomic E-state index is 0.164. The van der Waals surface area contributed by atoms with Crippen LogP contribution in [-0.4, -0.2) is 67.3 Å². The van der Waals surface area contributed by atoms with Crippen molar-refractivity contribution in [3.05, 3.63) is 0 Å². The van der Waals surface area contributed by atoms with Gasteiger partial charge in [-0.3, -0.25) is 0 Å². The van der Waals surface area contributed by atoms with Crippen molar-refractivity contribution in [2.75, 3.05) is 45.8 Å². The summed E-state index contributed by atoms with van der Waals surface area (Å²) in [7, 11) is 0. The number of piperidine rings is 1. The van der Waals surface area contributed by atoms with Crippen LogP contribution in [0, 0.1) is 5.92 Å². The van der Waals surface area contributed by atoms with E-state index in [1.165, 1.54) is 13.0 Å². The van der Waals surface area contributed by atoms with Crippen molar-refractivity contribution in [2.45, 2.75) is 59.5 Å². The van der Waals surface area contributed by atoms with Crippen LogP contribution in [0.2, 0.25) is 0 Å². The van der Waals surface area contributed by atoms with Crippen LogP contribution in [0.5, 0.6) is 0 Å². The van der Waals surface area contributed by atoms with Crippen molar-refractivity contribution in [1.82, 2.24) is 15.1 Å². The van der Waals surface area contributed by atoms with Gasteiger partial charge in [0.1, 0.15) is 5.60 Å². The smallest absolute Gasteiger partial charge is 0.410 e. The molecule has 0 aliphatic carbocycles. The van der Waals surface area contributed by atoms with Gasteiger partial charge in [0.05, 0.1) is 0 Å². The van der Waals surface area contributed by atoms with Crippen molar-refractivity contribution in [3.63, 3.8) is 0 Å². The molecule has 5 nitrogen and oxygen atoms in total. The summed E-state index contributed by atoms with van der Waals surface area (Å²) in [6.45, 7) is 17.4. The summed E-state index contributed by atoms with van der Waals surface area (Å²) >= 11 is 0. The summed E-state index contributed by atoms with van der Waals surface area (Å²) in [4.78, 5) is 16.3. The summed E-state index contributed by atoms with van der Waals surface area (Å²) in [6, 6.07) is 0. The van der Waals surface area contributed by atoms with E-state index in [0.29, 0.717) is 5.92 Å². The summed E-state index contributed by atoms with van der Waals surface area (Å²) < 4.78 is 5.44. The number of hydrogen-bond acceptors (Lipinski definition) is 4. The molecule has 0 aromatic heterocycles. The number of nitrogens with one attached hydrogen (secondary N) is 1. The number of rotatable bonds is 8. The average molecular weight is 328 g/mol. The third kappa shape index (κ3) is 8.56. The molecule has 1 aliphatic rings. The first kappa shape index (κ1) is 20.2. The lowest BCUT2D eigenvalue weighted by Gasteiger charge is -2.33. The van der Waals surface area contributed by atoms with Gasteiger partial charge in [-0.05, 0) is 78.7 Å². The number of amides is 1. The Hall–Kier alpha value is -0.810. The first-order valence-corrected chi connectivity index (χ1v) is 9.26. The van der Waals surface area contributed by atoms with E-state index in [0.717, 1.165) is 52.1 Å². The molecular weight excluding hydrogens is 290 g/mol. The first-order chi connectivity index (χ1) is 10.9. The molecule has 1 N–H and O–H groups in total. The van der Waals surface area contributed by atoms with Gasteiger partial charge in [0.25, 0.3) is 0 Å². The molecule has 0 bridgehead atoms. The zero-order valence-corrected chi connectivity index (χ0v) is 15.9. The Kier molecular flexibility index (Phi) is 8.92. The van der Waals surface area contributed by atoms with E-state index in [1.807, 2.05) is 25.7 Å². The molecule has 0 atom stereocenters. The normalized spacial score (nSPS) is 16.9. The molecular formula is C18H37N3O2. The highest BCUT2D eigenvalue weighted by atomic mass is 16.6. The predicted octanol–water partition coefficient (Wildman–Crippen LogP) is 2.96. The molecule has 0 aromatic carbocycles. The van der Waals surface area contributed by atoms with Gasteiger partial charge in [-0.25, -0.2) is 4.79 Å². The van der Waals surface area contributed by atoms with Gasteiger partial charge >= 0.3 is 6.09 Å². The second-order valence-corrected chi connectivity index (χ2v) is 7.50. The lowest BCUT2D eigenvalue weighted by atomic mass is 9.97. The van der Waals surface area contributed by atoms with Gasteiger partial charge in [-0.15, -0.1) is 0 Å². The Balaban J connectivity index is 2.11. The Morgan fingerprint density at radius 2 is 1.83 bits per heavy atom. The maximum Gasteiger partial charge on any atom is 0.410 e. The van der Waals surface area contributed by atoms with E-state index in [2.05, 4.69) is 24.1 Å². The molecule has 1 heterocycles. The Morgan fingerprint density at radius 1 is 1.22 bits per heavy atom. The number of likely N-dealkylation sites (tertiary alicyclic amines) is 1. The van der Waals surface area contributed by atoms with Crippen molar-refractivity contribution in [2.24, 2.45) is 5.92 Å². The fourth-order valence-electron chi connectivity index (χ4n) is 2.92. The van der Waals surface area contributed by atoms with Crippen LogP contribution < -0.4 is 5.32 Å². The summed E-state index contributed by atoms with van der Waals surface area (Å²) in [5.41, 5.74) is -0.402. The van der Waals surface area contributed by atoms with Crippen LogP contribution in [0.15, 0.2) is 0 Å². The maximum atomic E-state index is 12.0. The predicted molar refractivity (Wildman–Crippen MR) is 95.8 cm³/mol. The van der Waals surface area contributed by atoms with Crippen LogP contribution in [-0.2, 0) is 4.74 Å².